The highest BCUT2D eigenvalue weighted by molar-refractivity contribution is 6.30. The third-order valence-electron chi connectivity index (χ3n) is 3.83. The summed E-state index contributed by atoms with van der Waals surface area (Å²) in [6.07, 6.45) is 0.423. The number of hydrogen-bond donors (Lipinski definition) is 2. The highest BCUT2D eigenvalue weighted by Crippen LogP contribution is 2.31. The largest absolute Gasteiger partial charge is 0.463 e. The van der Waals surface area contributed by atoms with Crippen molar-refractivity contribution in [1.29, 1.82) is 0 Å². The Labute approximate surface area is 146 Å². The van der Waals surface area contributed by atoms with Gasteiger partial charge in [0.2, 0.25) is 0 Å². The van der Waals surface area contributed by atoms with Crippen molar-refractivity contribution in [3.05, 3.63) is 46.1 Å². The van der Waals surface area contributed by atoms with Crippen molar-refractivity contribution in [3.63, 3.8) is 0 Å². The van der Waals surface area contributed by atoms with E-state index in [2.05, 4.69) is 5.32 Å². The first kappa shape index (κ1) is 18.3. The zero-order chi connectivity index (χ0) is 17.7. The molecular weight excluding hydrogens is 332 g/mol. The van der Waals surface area contributed by atoms with E-state index in [1.807, 2.05) is 0 Å². The number of ether oxygens (including phenoxy) is 1. The molecule has 2 amide bonds. The number of allylic oxidation sites excluding steroid dienone is 1. The molecule has 1 atom stereocenters. The summed E-state index contributed by atoms with van der Waals surface area (Å²) in [5, 5.41) is 12.4. The van der Waals surface area contributed by atoms with E-state index in [1.165, 1.54) is 4.90 Å². The molecule has 0 spiro atoms. The molecule has 130 valence electrons. The smallest absolute Gasteiger partial charge is 0.338 e. The maximum atomic E-state index is 12.5. The van der Waals surface area contributed by atoms with Crippen LogP contribution < -0.4 is 5.32 Å². The lowest BCUT2D eigenvalue weighted by atomic mass is 9.95. The zero-order valence-corrected chi connectivity index (χ0v) is 14.5. The van der Waals surface area contributed by atoms with Gasteiger partial charge in [-0.1, -0.05) is 23.7 Å². The van der Waals surface area contributed by atoms with E-state index in [0.29, 0.717) is 29.3 Å². The third-order valence-corrected chi connectivity index (χ3v) is 4.09. The molecule has 0 bridgehead atoms. The fourth-order valence-electron chi connectivity index (χ4n) is 2.66. The van der Waals surface area contributed by atoms with E-state index in [1.54, 1.807) is 38.1 Å². The Hall–Kier alpha value is -2.05. The minimum Gasteiger partial charge on any atom is -0.463 e. The van der Waals surface area contributed by atoms with Gasteiger partial charge < -0.3 is 15.2 Å². The summed E-state index contributed by atoms with van der Waals surface area (Å²) in [5.41, 5.74) is 1.67. The number of amides is 2. The fraction of sp³-hybridized carbons (Fsp3) is 0.412. The van der Waals surface area contributed by atoms with E-state index < -0.39 is 12.0 Å². The van der Waals surface area contributed by atoms with Crippen LogP contribution in [-0.2, 0) is 9.53 Å². The second-order valence-corrected chi connectivity index (χ2v) is 5.82. The molecule has 0 fully saturated rings. The van der Waals surface area contributed by atoms with Gasteiger partial charge in [0.05, 0.1) is 18.2 Å². The lowest BCUT2D eigenvalue weighted by Crippen LogP contribution is -2.48. The van der Waals surface area contributed by atoms with Crippen LogP contribution >= 0.6 is 11.6 Å². The van der Waals surface area contributed by atoms with E-state index in [9.17, 15) is 9.59 Å². The number of nitrogens with one attached hydrogen (secondary N) is 1. The molecule has 0 aliphatic carbocycles. The Morgan fingerprint density at radius 3 is 2.62 bits per heavy atom. The lowest BCUT2D eigenvalue weighted by molar-refractivity contribution is -0.139. The van der Waals surface area contributed by atoms with Gasteiger partial charge in [-0.25, -0.2) is 9.59 Å². The van der Waals surface area contributed by atoms with Gasteiger partial charge in [-0.2, -0.15) is 0 Å². The fourth-order valence-corrected chi connectivity index (χ4v) is 2.78. The highest BCUT2D eigenvalue weighted by atomic mass is 35.5. The topological polar surface area (TPSA) is 78.9 Å². The first-order valence-corrected chi connectivity index (χ1v) is 8.19. The number of nitrogens with zero attached hydrogens (tertiary/aromatic N) is 1. The zero-order valence-electron chi connectivity index (χ0n) is 13.7. The monoisotopic (exact) mass is 352 g/mol. The summed E-state index contributed by atoms with van der Waals surface area (Å²) in [6, 6.07) is 6.04. The summed E-state index contributed by atoms with van der Waals surface area (Å²) in [5.74, 6) is -0.469. The van der Waals surface area contributed by atoms with Crippen LogP contribution in [0.4, 0.5) is 4.79 Å². The molecule has 1 aromatic carbocycles. The van der Waals surface area contributed by atoms with Gasteiger partial charge in [0.25, 0.3) is 0 Å². The Bertz CT molecular complexity index is 642. The molecule has 2 rings (SSSR count). The molecule has 24 heavy (non-hydrogen) atoms. The van der Waals surface area contributed by atoms with Crippen LogP contribution in [0.3, 0.4) is 0 Å². The Balaban J connectivity index is 2.45. The number of urea groups is 1. The number of aliphatic hydroxyl groups excluding tert-OH is 1. The van der Waals surface area contributed by atoms with Crippen LogP contribution in [0.2, 0.25) is 5.02 Å². The average Bonchev–Trinajstić information content (AvgIpc) is 2.55. The molecule has 1 aliphatic rings. The number of hydrogen-bond acceptors (Lipinski definition) is 4. The molecule has 2 N–H and O–H groups in total. The standard InChI is InChI=1S/C17H21ClN2O4/c1-3-24-16(22)14-11(2)20(9-4-10-21)17(23)19-15(14)12-5-7-13(18)8-6-12/h5-8,15,21H,3-4,9-10H2,1-2H3,(H,19,23). The van der Waals surface area contributed by atoms with Gasteiger partial charge in [-0.05, 0) is 38.0 Å². The average molecular weight is 353 g/mol. The molecule has 6 nitrogen and oxygen atoms in total. The van der Waals surface area contributed by atoms with Crippen LogP contribution in [0, 0.1) is 0 Å². The van der Waals surface area contributed by atoms with Crippen LogP contribution in [0.25, 0.3) is 0 Å². The maximum Gasteiger partial charge on any atom is 0.338 e. The Kier molecular flexibility index (Phi) is 6.23. The molecule has 0 saturated heterocycles. The van der Waals surface area contributed by atoms with E-state index in [0.717, 1.165) is 5.56 Å². The second kappa shape index (κ2) is 8.17. The molecule has 0 saturated carbocycles. The number of carbonyl (C=O) groups is 2. The Morgan fingerprint density at radius 2 is 2.04 bits per heavy atom. The van der Waals surface area contributed by atoms with E-state index in [-0.39, 0.29) is 19.2 Å². The molecule has 1 aromatic rings. The second-order valence-electron chi connectivity index (χ2n) is 5.38. The first-order valence-electron chi connectivity index (χ1n) is 7.81. The van der Waals surface area contributed by atoms with E-state index >= 15 is 0 Å². The lowest BCUT2D eigenvalue weighted by Gasteiger charge is -2.35. The van der Waals surface area contributed by atoms with Gasteiger partial charge in [0.1, 0.15) is 0 Å². The number of rotatable bonds is 6. The predicted octanol–water partition coefficient (Wildman–Crippen LogP) is 2.63. The maximum absolute atomic E-state index is 12.5. The molecule has 7 heteroatoms. The van der Waals surface area contributed by atoms with Crippen molar-refractivity contribution >= 4 is 23.6 Å². The summed E-state index contributed by atoms with van der Waals surface area (Å²) >= 11 is 5.91. The number of benzene rings is 1. The number of esters is 1. The minimum absolute atomic E-state index is 0.0353. The van der Waals surface area contributed by atoms with Gasteiger partial charge in [0, 0.05) is 23.9 Å². The number of halogens is 1. The highest BCUT2D eigenvalue weighted by Gasteiger charge is 2.36. The van der Waals surface area contributed by atoms with Crippen molar-refractivity contribution in [2.24, 2.45) is 0 Å². The van der Waals surface area contributed by atoms with Gasteiger partial charge in [-0.3, -0.25) is 4.90 Å². The van der Waals surface area contributed by atoms with Crippen LogP contribution in [0.1, 0.15) is 31.9 Å². The van der Waals surface area contributed by atoms with Gasteiger partial charge >= 0.3 is 12.0 Å². The minimum atomic E-state index is -0.598. The van der Waals surface area contributed by atoms with Crippen molar-refractivity contribution in [3.8, 4) is 0 Å². The summed E-state index contributed by atoms with van der Waals surface area (Å²) < 4.78 is 5.17. The number of carbonyl (C=O) groups excluding carboxylic acids is 2. The SMILES string of the molecule is CCOC(=O)C1=C(C)N(CCCO)C(=O)NC1c1ccc(Cl)cc1. The summed E-state index contributed by atoms with van der Waals surface area (Å²) in [6.45, 7) is 3.98. The number of aliphatic hydroxyl groups is 1. The third kappa shape index (κ3) is 3.88. The van der Waals surface area contributed by atoms with Crippen molar-refractivity contribution < 1.29 is 19.4 Å². The Morgan fingerprint density at radius 1 is 1.38 bits per heavy atom. The van der Waals surface area contributed by atoms with Crippen molar-refractivity contribution in [2.75, 3.05) is 19.8 Å². The predicted molar refractivity (Wildman–Crippen MR) is 90.5 cm³/mol. The summed E-state index contributed by atoms with van der Waals surface area (Å²) in [4.78, 5) is 26.3. The van der Waals surface area contributed by atoms with Gasteiger partial charge in [-0.15, -0.1) is 0 Å². The molecule has 1 aliphatic heterocycles. The van der Waals surface area contributed by atoms with Gasteiger partial charge in [0.15, 0.2) is 0 Å². The molecule has 1 heterocycles. The van der Waals surface area contributed by atoms with Crippen LogP contribution in [0.15, 0.2) is 35.5 Å². The summed E-state index contributed by atoms with van der Waals surface area (Å²) in [7, 11) is 0. The van der Waals surface area contributed by atoms with Crippen LogP contribution in [-0.4, -0.2) is 41.8 Å². The quantitative estimate of drug-likeness (QED) is 0.771. The molecule has 0 aromatic heterocycles. The first-order chi connectivity index (χ1) is 11.5. The van der Waals surface area contributed by atoms with Crippen LogP contribution in [0.5, 0.6) is 0 Å². The van der Waals surface area contributed by atoms with Crippen molar-refractivity contribution in [2.45, 2.75) is 26.3 Å². The molecule has 0 radical (unpaired) electrons. The van der Waals surface area contributed by atoms with Crippen molar-refractivity contribution in [1.82, 2.24) is 10.2 Å². The normalized spacial score (nSPS) is 17.8. The van der Waals surface area contributed by atoms with E-state index in [4.69, 9.17) is 21.4 Å². The molecule has 1 unspecified atom stereocenters. The molecular formula is C17H21ClN2O4.